The number of amides is 1. The predicted molar refractivity (Wildman–Crippen MR) is 154 cm³/mol. The quantitative estimate of drug-likeness (QED) is 0.350. The summed E-state index contributed by atoms with van der Waals surface area (Å²) in [5, 5.41) is 3.31. The SMILES string of the molecule is Cc1ccc(C(NC(=O)Cc2ccc3nc(N4CCOCC4)[nH]c3c2)c2ccc(C)o2)c(N2CCCCC2)c1. The molecule has 0 bridgehead atoms. The van der Waals surface area contributed by atoms with Crippen molar-refractivity contribution in [1.29, 1.82) is 0 Å². The van der Waals surface area contributed by atoms with E-state index in [1.165, 1.54) is 30.5 Å². The minimum absolute atomic E-state index is 0.0495. The number of morpholine rings is 1. The number of aromatic nitrogens is 2. The van der Waals surface area contributed by atoms with Crippen LogP contribution in [0.15, 0.2) is 52.9 Å². The normalized spacial score (nSPS) is 17.0. The van der Waals surface area contributed by atoms with Crippen LogP contribution in [0.2, 0.25) is 0 Å². The van der Waals surface area contributed by atoms with Crippen LogP contribution in [0.25, 0.3) is 11.0 Å². The molecule has 39 heavy (non-hydrogen) atoms. The van der Waals surface area contributed by atoms with Crippen molar-refractivity contribution < 1.29 is 13.9 Å². The number of imidazole rings is 1. The van der Waals surface area contributed by atoms with E-state index in [0.29, 0.717) is 13.2 Å². The van der Waals surface area contributed by atoms with Crippen LogP contribution >= 0.6 is 0 Å². The van der Waals surface area contributed by atoms with E-state index in [0.717, 1.165) is 65.8 Å². The smallest absolute Gasteiger partial charge is 0.225 e. The lowest BCUT2D eigenvalue weighted by Gasteiger charge is -2.32. The van der Waals surface area contributed by atoms with Crippen molar-refractivity contribution in [2.45, 2.75) is 45.6 Å². The molecule has 1 amide bonds. The van der Waals surface area contributed by atoms with Crippen LogP contribution in [0.3, 0.4) is 0 Å². The van der Waals surface area contributed by atoms with E-state index in [2.05, 4.69) is 45.2 Å². The van der Waals surface area contributed by atoms with E-state index in [9.17, 15) is 4.79 Å². The average molecular weight is 528 g/mol. The van der Waals surface area contributed by atoms with Gasteiger partial charge in [0.1, 0.15) is 17.6 Å². The maximum Gasteiger partial charge on any atom is 0.225 e. The highest BCUT2D eigenvalue weighted by Crippen LogP contribution is 2.34. The van der Waals surface area contributed by atoms with Crippen LogP contribution in [-0.4, -0.2) is 55.3 Å². The summed E-state index contributed by atoms with van der Waals surface area (Å²) in [6, 6.07) is 16.1. The van der Waals surface area contributed by atoms with Crippen molar-refractivity contribution in [2.75, 3.05) is 49.2 Å². The highest BCUT2D eigenvalue weighted by molar-refractivity contribution is 5.83. The minimum Gasteiger partial charge on any atom is -0.464 e. The number of hydrogen-bond acceptors (Lipinski definition) is 6. The van der Waals surface area contributed by atoms with Crippen LogP contribution in [0, 0.1) is 13.8 Å². The summed E-state index contributed by atoms with van der Waals surface area (Å²) < 4.78 is 11.5. The fourth-order valence-electron chi connectivity index (χ4n) is 5.69. The second-order valence-electron chi connectivity index (χ2n) is 10.7. The van der Waals surface area contributed by atoms with Crippen LogP contribution in [-0.2, 0) is 16.0 Å². The highest BCUT2D eigenvalue weighted by Gasteiger charge is 2.26. The first-order chi connectivity index (χ1) is 19.0. The van der Waals surface area contributed by atoms with Gasteiger partial charge in [-0.3, -0.25) is 4.79 Å². The molecular weight excluding hydrogens is 490 g/mol. The minimum atomic E-state index is -0.368. The number of benzene rings is 2. The number of ether oxygens (including phenoxy) is 1. The zero-order valence-corrected chi connectivity index (χ0v) is 22.8. The molecule has 2 aromatic carbocycles. The van der Waals surface area contributed by atoms with E-state index in [-0.39, 0.29) is 18.4 Å². The van der Waals surface area contributed by atoms with E-state index < -0.39 is 0 Å². The van der Waals surface area contributed by atoms with Gasteiger partial charge in [-0.2, -0.15) is 0 Å². The van der Waals surface area contributed by atoms with Crippen LogP contribution in [0.5, 0.6) is 0 Å². The molecule has 0 aliphatic carbocycles. The maximum absolute atomic E-state index is 13.5. The van der Waals surface area contributed by atoms with Crippen molar-refractivity contribution in [2.24, 2.45) is 0 Å². The summed E-state index contributed by atoms with van der Waals surface area (Å²) in [4.78, 5) is 26.3. The van der Waals surface area contributed by atoms with E-state index in [4.69, 9.17) is 14.1 Å². The third-order valence-electron chi connectivity index (χ3n) is 7.75. The van der Waals surface area contributed by atoms with Crippen LogP contribution in [0.4, 0.5) is 11.6 Å². The average Bonchev–Trinajstić information content (AvgIpc) is 3.59. The van der Waals surface area contributed by atoms with Crippen LogP contribution in [0.1, 0.15) is 53.5 Å². The van der Waals surface area contributed by atoms with Crippen molar-refractivity contribution in [1.82, 2.24) is 15.3 Å². The Hall–Kier alpha value is -3.78. The van der Waals surface area contributed by atoms with Crippen molar-refractivity contribution in [3.8, 4) is 0 Å². The summed E-state index contributed by atoms with van der Waals surface area (Å²) in [5.74, 6) is 2.39. The molecule has 6 rings (SSSR count). The molecule has 0 radical (unpaired) electrons. The Labute approximate surface area is 229 Å². The number of rotatable bonds is 7. The zero-order chi connectivity index (χ0) is 26.8. The Morgan fingerprint density at radius 1 is 0.974 bits per heavy atom. The highest BCUT2D eigenvalue weighted by atomic mass is 16.5. The first-order valence-electron chi connectivity index (χ1n) is 14.1. The van der Waals surface area contributed by atoms with Crippen LogP contribution < -0.4 is 15.1 Å². The molecule has 2 N–H and O–H groups in total. The van der Waals surface area contributed by atoms with E-state index >= 15 is 0 Å². The molecule has 0 spiro atoms. The van der Waals surface area contributed by atoms with Gasteiger partial charge in [0, 0.05) is 37.4 Å². The number of furan rings is 1. The van der Waals surface area contributed by atoms with Gasteiger partial charge in [0.15, 0.2) is 0 Å². The summed E-state index contributed by atoms with van der Waals surface area (Å²) in [6.45, 7) is 9.18. The number of hydrogen-bond donors (Lipinski definition) is 2. The van der Waals surface area contributed by atoms with Crippen molar-refractivity contribution in [3.05, 3.63) is 76.7 Å². The Morgan fingerprint density at radius 2 is 1.79 bits per heavy atom. The molecule has 1 unspecified atom stereocenters. The molecule has 2 aromatic heterocycles. The van der Waals surface area contributed by atoms with Gasteiger partial charge in [0.25, 0.3) is 0 Å². The van der Waals surface area contributed by atoms with Gasteiger partial charge in [0.05, 0.1) is 30.7 Å². The number of carbonyl (C=O) groups excluding carboxylic acids is 1. The fourth-order valence-corrected chi connectivity index (χ4v) is 5.69. The predicted octanol–water partition coefficient (Wildman–Crippen LogP) is 5.05. The molecular formula is C31H37N5O3. The van der Waals surface area contributed by atoms with Gasteiger partial charge in [-0.05, 0) is 74.6 Å². The Bertz CT molecular complexity index is 1450. The van der Waals surface area contributed by atoms with Crippen molar-refractivity contribution >= 4 is 28.6 Å². The summed E-state index contributed by atoms with van der Waals surface area (Å²) >= 11 is 0. The first-order valence-corrected chi connectivity index (χ1v) is 14.1. The monoisotopic (exact) mass is 527 g/mol. The standard InChI is InChI=1S/C31H37N5O3/c1-21-6-9-24(27(18-21)35-12-4-3-5-13-35)30(28-11-7-22(2)39-28)34-29(37)20-23-8-10-25-26(19-23)33-31(32-25)36-14-16-38-17-15-36/h6-11,18-19,30H,3-5,12-17,20H2,1-2H3,(H,32,33)(H,34,37). The lowest BCUT2D eigenvalue weighted by atomic mass is 9.97. The third-order valence-corrected chi connectivity index (χ3v) is 7.75. The molecule has 8 heteroatoms. The number of aryl methyl sites for hydroxylation is 2. The van der Waals surface area contributed by atoms with Gasteiger partial charge >= 0.3 is 0 Å². The Balaban J connectivity index is 1.25. The van der Waals surface area contributed by atoms with Gasteiger partial charge in [-0.15, -0.1) is 0 Å². The first kappa shape index (κ1) is 25.5. The number of carbonyl (C=O) groups is 1. The van der Waals surface area contributed by atoms with Gasteiger partial charge in [0.2, 0.25) is 11.9 Å². The number of H-pyrrole nitrogens is 1. The summed E-state index contributed by atoms with van der Waals surface area (Å²) in [6.07, 6.45) is 3.91. The fraction of sp³-hybridized carbons (Fsp3) is 0.419. The number of anilines is 2. The van der Waals surface area contributed by atoms with Crippen molar-refractivity contribution in [3.63, 3.8) is 0 Å². The topological polar surface area (TPSA) is 86.6 Å². The number of nitrogens with zero attached hydrogens (tertiary/aromatic N) is 3. The third kappa shape index (κ3) is 5.66. The molecule has 1 atom stereocenters. The molecule has 4 aromatic rings. The van der Waals surface area contributed by atoms with Gasteiger partial charge < -0.3 is 29.3 Å². The lowest BCUT2D eigenvalue weighted by Crippen LogP contribution is -2.36. The second-order valence-corrected chi connectivity index (χ2v) is 10.7. The molecule has 2 aliphatic rings. The number of nitrogens with one attached hydrogen (secondary N) is 2. The number of aromatic amines is 1. The summed E-state index contributed by atoms with van der Waals surface area (Å²) in [5.41, 5.74) is 6.24. The maximum atomic E-state index is 13.5. The number of fused-ring (bicyclic) bond motifs is 1. The Morgan fingerprint density at radius 3 is 2.56 bits per heavy atom. The van der Waals surface area contributed by atoms with E-state index in [1.54, 1.807) is 0 Å². The molecule has 0 saturated carbocycles. The molecule has 4 heterocycles. The molecule has 204 valence electrons. The van der Waals surface area contributed by atoms with Gasteiger partial charge in [-0.1, -0.05) is 18.2 Å². The lowest BCUT2D eigenvalue weighted by molar-refractivity contribution is -0.121. The van der Waals surface area contributed by atoms with Gasteiger partial charge in [-0.25, -0.2) is 4.98 Å². The zero-order valence-electron chi connectivity index (χ0n) is 22.8. The molecule has 2 aliphatic heterocycles. The Kier molecular flexibility index (Phi) is 7.28. The molecule has 2 saturated heterocycles. The largest absolute Gasteiger partial charge is 0.464 e. The van der Waals surface area contributed by atoms with E-state index in [1.807, 2.05) is 37.3 Å². The summed E-state index contributed by atoms with van der Waals surface area (Å²) in [7, 11) is 0. The molecule has 8 nitrogen and oxygen atoms in total. The second kappa shape index (κ2) is 11.1. The molecule has 2 fully saturated rings. The number of piperidine rings is 1.